The van der Waals surface area contributed by atoms with E-state index in [9.17, 15) is 4.79 Å². The van der Waals surface area contributed by atoms with Gasteiger partial charge in [-0.2, -0.15) is 5.10 Å². The number of fused-ring (bicyclic) bond motifs is 1. The second kappa shape index (κ2) is 7.04. The van der Waals surface area contributed by atoms with E-state index in [-0.39, 0.29) is 17.9 Å². The van der Waals surface area contributed by atoms with Gasteiger partial charge < -0.3 is 5.32 Å². The molecule has 0 aliphatic carbocycles. The molecule has 0 radical (unpaired) electrons. The molecule has 0 fully saturated rings. The van der Waals surface area contributed by atoms with Crippen LogP contribution in [0, 0.1) is 12.8 Å². The lowest BCUT2D eigenvalue weighted by Crippen LogP contribution is -2.41. The molecule has 0 spiro atoms. The highest BCUT2D eigenvalue weighted by atomic mass is 16.1. The minimum absolute atomic E-state index is 0.0537. The Hall–Kier alpha value is -2.70. The number of para-hydroxylation sites is 1. The predicted molar refractivity (Wildman–Crippen MR) is 96.3 cm³/mol. The number of benzene rings is 1. The molecule has 3 aromatic rings. The van der Waals surface area contributed by atoms with E-state index in [0.717, 1.165) is 23.3 Å². The molecule has 2 heterocycles. The number of hydrogen-bond acceptors (Lipinski definition) is 4. The molecule has 25 heavy (non-hydrogen) atoms. The van der Waals surface area contributed by atoms with Crippen LogP contribution in [0.15, 0.2) is 30.5 Å². The van der Waals surface area contributed by atoms with Crippen molar-refractivity contribution in [2.75, 3.05) is 0 Å². The molecule has 1 atom stereocenters. The highest BCUT2D eigenvalue weighted by Crippen LogP contribution is 2.14. The summed E-state index contributed by atoms with van der Waals surface area (Å²) in [6.07, 6.45) is 1.80. The Labute approximate surface area is 147 Å². The molecule has 3 rings (SSSR count). The fraction of sp³-hybridized carbons (Fsp3) is 0.444. The molecule has 0 aliphatic rings. The molecular formula is C18H24N6O. The molecule has 7 heteroatoms. The van der Waals surface area contributed by atoms with Crippen molar-refractivity contribution in [3.63, 3.8) is 0 Å². The maximum absolute atomic E-state index is 12.7. The highest BCUT2D eigenvalue weighted by Gasteiger charge is 2.21. The number of hydrogen-bond donors (Lipinski definition) is 1. The number of nitrogens with one attached hydrogen (secondary N) is 1. The van der Waals surface area contributed by atoms with Gasteiger partial charge in [0.25, 0.3) is 5.91 Å². The first-order valence-corrected chi connectivity index (χ1v) is 8.62. The van der Waals surface area contributed by atoms with Gasteiger partial charge in [0.15, 0.2) is 0 Å². The SMILES string of the molecule is CCn1cc(C(=O)N[C@H](Cn2nnc3ccccc32)C(C)C)c(C)n1. The zero-order valence-electron chi connectivity index (χ0n) is 15.1. The van der Waals surface area contributed by atoms with Gasteiger partial charge in [-0.1, -0.05) is 31.2 Å². The third kappa shape index (κ3) is 3.55. The molecule has 1 aromatic carbocycles. The van der Waals surface area contributed by atoms with E-state index in [1.54, 1.807) is 10.9 Å². The Morgan fingerprint density at radius 1 is 1.28 bits per heavy atom. The maximum atomic E-state index is 12.7. The quantitative estimate of drug-likeness (QED) is 0.747. The van der Waals surface area contributed by atoms with Gasteiger partial charge in [-0.25, -0.2) is 4.68 Å². The van der Waals surface area contributed by atoms with Gasteiger partial charge in [-0.3, -0.25) is 9.48 Å². The van der Waals surface area contributed by atoms with Crippen LogP contribution in [-0.2, 0) is 13.1 Å². The van der Waals surface area contributed by atoms with Gasteiger partial charge in [0.2, 0.25) is 0 Å². The summed E-state index contributed by atoms with van der Waals surface area (Å²) in [4.78, 5) is 12.7. The van der Waals surface area contributed by atoms with Gasteiger partial charge in [-0.15, -0.1) is 5.10 Å². The van der Waals surface area contributed by atoms with Crippen LogP contribution in [0.5, 0.6) is 0 Å². The van der Waals surface area contributed by atoms with Crippen LogP contribution in [-0.4, -0.2) is 36.7 Å². The van der Waals surface area contributed by atoms with Crippen molar-refractivity contribution in [1.82, 2.24) is 30.1 Å². The third-order valence-corrected chi connectivity index (χ3v) is 4.43. The summed E-state index contributed by atoms with van der Waals surface area (Å²) in [6.45, 7) is 9.35. The highest BCUT2D eigenvalue weighted by molar-refractivity contribution is 5.95. The summed E-state index contributed by atoms with van der Waals surface area (Å²) in [7, 11) is 0. The van der Waals surface area contributed by atoms with Crippen LogP contribution in [0.2, 0.25) is 0 Å². The normalized spacial score (nSPS) is 12.7. The van der Waals surface area contributed by atoms with Crippen LogP contribution in [0.3, 0.4) is 0 Å². The lowest BCUT2D eigenvalue weighted by molar-refractivity contribution is 0.0919. The Morgan fingerprint density at radius 3 is 2.72 bits per heavy atom. The first-order chi connectivity index (χ1) is 12.0. The number of rotatable bonds is 6. The lowest BCUT2D eigenvalue weighted by atomic mass is 10.0. The molecular weight excluding hydrogens is 316 g/mol. The molecule has 7 nitrogen and oxygen atoms in total. The van der Waals surface area contributed by atoms with Crippen molar-refractivity contribution in [1.29, 1.82) is 0 Å². The number of aromatic nitrogens is 5. The lowest BCUT2D eigenvalue weighted by Gasteiger charge is -2.22. The summed E-state index contributed by atoms with van der Waals surface area (Å²) >= 11 is 0. The predicted octanol–water partition coefficient (Wildman–Crippen LogP) is 2.41. The molecule has 1 N–H and O–H groups in total. The number of carbonyl (C=O) groups excluding carboxylic acids is 1. The molecule has 0 saturated carbocycles. The van der Waals surface area contributed by atoms with Crippen molar-refractivity contribution in [3.8, 4) is 0 Å². The van der Waals surface area contributed by atoms with Gasteiger partial charge in [0.05, 0.1) is 29.4 Å². The van der Waals surface area contributed by atoms with Crippen molar-refractivity contribution in [2.45, 2.75) is 46.8 Å². The topological polar surface area (TPSA) is 77.6 Å². The first-order valence-electron chi connectivity index (χ1n) is 8.62. The third-order valence-electron chi connectivity index (χ3n) is 4.43. The van der Waals surface area contributed by atoms with Crippen LogP contribution < -0.4 is 5.32 Å². The van der Waals surface area contributed by atoms with E-state index in [1.165, 1.54) is 0 Å². The molecule has 0 aliphatic heterocycles. The maximum Gasteiger partial charge on any atom is 0.255 e. The molecule has 132 valence electrons. The van der Waals surface area contributed by atoms with Gasteiger partial charge in [-0.05, 0) is 31.9 Å². The molecule has 0 saturated heterocycles. The van der Waals surface area contributed by atoms with Crippen LogP contribution >= 0.6 is 0 Å². The van der Waals surface area contributed by atoms with Crippen molar-refractivity contribution in [2.24, 2.45) is 5.92 Å². The molecule has 2 aromatic heterocycles. The van der Waals surface area contributed by atoms with Gasteiger partial charge >= 0.3 is 0 Å². The standard InChI is InChI=1S/C18H24N6O/c1-5-23-10-14(13(4)21-23)18(25)19-16(12(2)3)11-24-17-9-7-6-8-15(17)20-22-24/h6-10,12,16H,5,11H2,1-4H3,(H,19,25)/t16-/m1/s1. The number of aryl methyl sites for hydroxylation is 2. The minimum Gasteiger partial charge on any atom is -0.347 e. The smallest absolute Gasteiger partial charge is 0.255 e. The molecule has 0 unspecified atom stereocenters. The summed E-state index contributed by atoms with van der Waals surface area (Å²) < 4.78 is 3.63. The van der Waals surface area contributed by atoms with Gasteiger partial charge in [0.1, 0.15) is 5.52 Å². The van der Waals surface area contributed by atoms with E-state index >= 15 is 0 Å². The van der Waals surface area contributed by atoms with Crippen LogP contribution in [0.4, 0.5) is 0 Å². The summed E-state index contributed by atoms with van der Waals surface area (Å²) in [5.74, 6) is 0.161. The van der Waals surface area contributed by atoms with Crippen molar-refractivity contribution in [3.05, 3.63) is 41.7 Å². The molecule has 0 bridgehead atoms. The molecule has 1 amide bonds. The van der Waals surface area contributed by atoms with E-state index < -0.39 is 0 Å². The van der Waals surface area contributed by atoms with E-state index in [2.05, 4.69) is 34.6 Å². The largest absolute Gasteiger partial charge is 0.347 e. The second-order valence-electron chi connectivity index (χ2n) is 6.57. The first kappa shape index (κ1) is 17.1. The number of carbonyl (C=O) groups is 1. The Morgan fingerprint density at radius 2 is 2.04 bits per heavy atom. The summed E-state index contributed by atoms with van der Waals surface area (Å²) in [6, 6.07) is 7.78. The minimum atomic E-state index is -0.0969. The average Bonchev–Trinajstić information content (AvgIpc) is 3.17. The van der Waals surface area contributed by atoms with E-state index in [4.69, 9.17) is 0 Å². The van der Waals surface area contributed by atoms with E-state index in [1.807, 2.05) is 42.8 Å². The Kier molecular flexibility index (Phi) is 4.83. The van der Waals surface area contributed by atoms with Gasteiger partial charge in [0, 0.05) is 12.7 Å². The van der Waals surface area contributed by atoms with E-state index in [0.29, 0.717) is 12.1 Å². The summed E-state index contributed by atoms with van der Waals surface area (Å²) in [5.41, 5.74) is 3.19. The van der Waals surface area contributed by atoms with Crippen molar-refractivity contribution < 1.29 is 4.79 Å². The average molecular weight is 340 g/mol. The monoisotopic (exact) mass is 340 g/mol. The van der Waals surface area contributed by atoms with Crippen LogP contribution in [0.25, 0.3) is 11.0 Å². The number of nitrogens with zero attached hydrogens (tertiary/aromatic N) is 5. The number of amides is 1. The Balaban J connectivity index is 1.79. The zero-order valence-corrected chi connectivity index (χ0v) is 15.1. The summed E-state index contributed by atoms with van der Waals surface area (Å²) in [5, 5.41) is 15.9. The fourth-order valence-electron chi connectivity index (χ4n) is 2.81. The second-order valence-corrected chi connectivity index (χ2v) is 6.57. The van der Waals surface area contributed by atoms with Crippen LogP contribution in [0.1, 0.15) is 36.8 Å². The fourth-order valence-corrected chi connectivity index (χ4v) is 2.81. The zero-order chi connectivity index (χ0) is 18.0. The Bertz CT molecular complexity index is 879. The van der Waals surface area contributed by atoms with Crippen molar-refractivity contribution >= 4 is 16.9 Å².